The van der Waals surface area contributed by atoms with Crippen LogP contribution in [0, 0.1) is 12.8 Å². The first-order chi connectivity index (χ1) is 8.81. The highest BCUT2D eigenvalue weighted by molar-refractivity contribution is 5.95. The Labute approximate surface area is 113 Å². The van der Waals surface area contributed by atoms with Crippen molar-refractivity contribution in [2.24, 2.45) is 11.7 Å². The molecule has 104 valence electrons. The summed E-state index contributed by atoms with van der Waals surface area (Å²) in [6.45, 7) is 7.12. The standard InChI is InChI=1S/C14H21N3O2/c1-8(2)13(15)14(19)17-11-5-6-12(9(3)7-11)16-10(4)18/h5-8,13H,15H2,1-4H3,(H,16,18)(H,17,19)/t13-/m0/s1. The van der Waals surface area contributed by atoms with Gasteiger partial charge in [0, 0.05) is 18.3 Å². The average Bonchev–Trinajstić information content (AvgIpc) is 2.31. The predicted octanol–water partition coefficient (Wildman–Crippen LogP) is 1.88. The summed E-state index contributed by atoms with van der Waals surface area (Å²) in [6, 6.07) is 4.77. The number of nitrogens with two attached hydrogens (primary N) is 1. The first-order valence-electron chi connectivity index (χ1n) is 6.26. The molecule has 0 heterocycles. The molecule has 1 aromatic carbocycles. The largest absolute Gasteiger partial charge is 0.326 e. The second-order valence-electron chi connectivity index (χ2n) is 4.97. The van der Waals surface area contributed by atoms with Gasteiger partial charge in [-0.2, -0.15) is 0 Å². The summed E-state index contributed by atoms with van der Waals surface area (Å²) in [5.41, 5.74) is 8.06. The third-order valence-electron chi connectivity index (χ3n) is 2.83. The monoisotopic (exact) mass is 263 g/mol. The van der Waals surface area contributed by atoms with Crippen LogP contribution in [-0.2, 0) is 9.59 Å². The number of anilines is 2. The van der Waals surface area contributed by atoms with Crippen molar-refractivity contribution in [1.29, 1.82) is 0 Å². The lowest BCUT2D eigenvalue weighted by Gasteiger charge is -2.16. The van der Waals surface area contributed by atoms with E-state index in [-0.39, 0.29) is 17.7 Å². The summed E-state index contributed by atoms with van der Waals surface area (Å²) >= 11 is 0. The van der Waals surface area contributed by atoms with Gasteiger partial charge in [-0.25, -0.2) is 0 Å². The number of carbonyl (C=O) groups is 2. The zero-order valence-corrected chi connectivity index (χ0v) is 11.8. The Morgan fingerprint density at radius 3 is 2.32 bits per heavy atom. The Morgan fingerprint density at radius 2 is 1.84 bits per heavy atom. The van der Waals surface area contributed by atoms with Crippen molar-refractivity contribution in [3.05, 3.63) is 23.8 Å². The molecule has 0 fully saturated rings. The molecule has 0 bridgehead atoms. The van der Waals surface area contributed by atoms with Crippen LogP contribution in [-0.4, -0.2) is 17.9 Å². The summed E-state index contributed by atoms with van der Waals surface area (Å²) in [6.07, 6.45) is 0. The van der Waals surface area contributed by atoms with Crippen LogP contribution >= 0.6 is 0 Å². The minimum atomic E-state index is -0.532. The highest BCUT2D eigenvalue weighted by Crippen LogP contribution is 2.20. The van der Waals surface area contributed by atoms with E-state index in [1.54, 1.807) is 18.2 Å². The smallest absolute Gasteiger partial charge is 0.241 e. The van der Waals surface area contributed by atoms with Crippen LogP contribution < -0.4 is 16.4 Å². The van der Waals surface area contributed by atoms with Crippen molar-refractivity contribution < 1.29 is 9.59 Å². The van der Waals surface area contributed by atoms with Crippen LogP contribution in [0.2, 0.25) is 0 Å². The van der Waals surface area contributed by atoms with Crippen molar-refractivity contribution in [3.63, 3.8) is 0 Å². The van der Waals surface area contributed by atoms with Gasteiger partial charge >= 0.3 is 0 Å². The lowest BCUT2D eigenvalue weighted by molar-refractivity contribution is -0.118. The zero-order valence-electron chi connectivity index (χ0n) is 11.8. The van der Waals surface area contributed by atoms with Crippen LogP contribution in [0.15, 0.2) is 18.2 Å². The van der Waals surface area contributed by atoms with E-state index in [1.807, 2.05) is 20.8 Å². The minimum Gasteiger partial charge on any atom is -0.326 e. The Kier molecular flexibility index (Phi) is 5.06. The van der Waals surface area contributed by atoms with Gasteiger partial charge in [0.05, 0.1) is 6.04 Å². The second kappa shape index (κ2) is 6.33. The number of benzene rings is 1. The molecule has 0 saturated carbocycles. The van der Waals surface area contributed by atoms with Gasteiger partial charge < -0.3 is 16.4 Å². The summed E-state index contributed by atoms with van der Waals surface area (Å²) in [4.78, 5) is 22.8. The van der Waals surface area contributed by atoms with E-state index in [0.29, 0.717) is 5.69 Å². The van der Waals surface area contributed by atoms with E-state index in [0.717, 1.165) is 11.3 Å². The third kappa shape index (κ3) is 4.37. The summed E-state index contributed by atoms with van der Waals surface area (Å²) in [5.74, 6) is -0.247. The quantitative estimate of drug-likeness (QED) is 0.775. The van der Waals surface area contributed by atoms with E-state index in [1.165, 1.54) is 6.92 Å². The van der Waals surface area contributed by atoms with Crippen LogP contribution in [0.5, 0.6) is 0 Å². The third-order valence-corrected chi connectivity index (χ3v) is 2.83. The van der Waals surface area contributed by atoms with Crippen molar-refractivity contribution in [3.8, 4) is 0 Å². The lowest BCUT2D eigenvalue weighted by Crippen LogP contribution is -2.39. The molecule has 0 unspecified atom stereocenters. The fraction of sp³-hybridized carbons (Fsp3) is 0.429. The van der Waals surface area contributed by atoms with Gasteiger partial charge in [0.15, 0.2) is 0 Å². The first kappa shape index (κ1) is 15.2. The first-order valence-corrected chi connectivity index (χ1v) is 6.26. The van der Waals surface area contributed by atoms with Crippen LogP contribution in [0.1, 0.15) is 26.3 Å². The predicted molar refractivity (Wildman–Crippen MR) is 76.9 cm³/mol. The molecule has 5 heteroatoms. The number of rotatable bonds is 4. The number of hydrogen-bond donors (Lipinski definition) is 3. The Balaban J connectivity index is 2.79. The number of carbonyl (C=O) groups excluding carboxylic acids is 2. The molecule has 1 rings (SSSR count). The molecule has 0 aliphatic carbocycles. The maximum absolute atomic E-state index is 11.8. The van der Waals surface area contributed by atoms with Crippen LogP contribution in [0.4, 0.5) is 11.4 Å². The van der Waals surface area contributed by atoms with Gasteiger partial charge in [0.1, 0.15) is 0 Å². The molecule has 1 atom stereocenters. The van der Waals surface area contributed by atoms with Crippen LogP contribution in [0.3, 0.4) is 0 Å². The van der Waals surface area contributed by atoms with E-state index >= 15 is 0 Å². The Bertz CT molecular complexity index is 484. The summed E-state index contributed by atoms with van der Waals surface area (Å²) in [7, 11) is 0. The number of amides is 2. The highest BCUT2D eigenvalue weighted by Gasteiger charge is 2.17. The maximum Gasteiger partial charge on any atom is 0.241 e. The molecular formula is C14H21N3O2. The van der Waals surface area contributed by atoms with E-state index in [9.17, 15) is 9.59 Å². The fourth-order valence-corrected chi connectivity index (χ4v) is 1.60. The SMILES string of the molecule is CC(=O)Nc1ccc(NC(=O)[C@@H](N)C(C)C)cc1C. The summed E-state index contributed by atoms with van der Waals surface area (Å²) in [5, 5.41) is 5.49. The number of aryl methyl sites for hydroxylation is 1. The van der Waals surface area contributed by atoms with Crippen molar-refractivity contribution in [2.75, 3.05) is 10.6 Å². The maximum atomic E-state index is 11.8. The van der Waals surface area contributed by atoms with Gasteiger partial charge in [0.2, 0.25) is 11.8 Å². The molecule has 0 radical (unpaired) electrons. The normalized spacial score (nSPS) is 12.1. The van der Waals surface area contributed by atoms with Gasteiger partial charge in [-0.15, -0.1) is 0 Å². The highest BCUT2D eigenvalue weighted by atomic mass is 16.2. The number of nitrogens with one attached hydrogen (secondary N) is 2. The van der Waals surface area contributed by atoms with Gasteiger partial charge in [-0.3, -0.25) is 9.59 Å². The molecule has 0 aromatic heterocycles. The molecule has 0 aliphatic heterocycles. The van der Waals surface area contributed by atoms with Gasteiger partial charge in [0.25, 0.3) is 0 Å². The number of hydrogen-bond acceptors (Lipinski definition) is 3. The summed E-state index contributed by atoms with van der Waals surface area (Å²) < 4.78 is 0. The van der Waals surface area contributed by atoms with E-state index in [2.05, 4.69) is 10.6 Å². The van der Waals surface area contributed by atoms with Crippen molar-refractivity contribution in [2.45, 2.75) is 33.7 Å². The molecule has 0 spiro atoms. The van der Waals surface area contributed by atoms with Crippen molar-refractivity contribution >= 4 is 23.2 Å². The fourth-order valence-electron chi connectivity index (χ4n) is 1.60. The Hall–Kier alpha value is -1.88. The molecule has 0 saturated heterocycles. The van der Waals surface area contributed by atoms with Crippen molar-refractivity contribution in [1.82, 2.24) is 0 Å². The van der Waals surface area contributed by atoms with Gasteiger partial charge in [-0.05, 0) is 36.6 Å². The molecule has 2 amide bonds. The molecule has 1 aromatic rings. The topological polar surface area (TPSA) is 84.2 Å². The molecule has 4 N–H and O–H groups in total. The average molecular weight is 263 g/mol. The zero-order chi connectivity index (χ0) is 14.6. The van der Waals surface area contributed by atoms with Crippen LogP contribution in [0.25, 0.3) is 0 Å². The van der Waals surface area contributed by atoms with Gasteiger partial charge in [-0.1, -0.05) is 13.8 Å². The molecule has 0 aliphatic rings. The molecule has 19 heavy (non-hydrogen) atoms. The minimum absolute atomic E-state index is 0.0831. The second-order valence-corrected chi connectivity index (χ2v) is 4.97. The lowest BCUT2D eigenvalue weighted by atomic mass is 10.0. The molecule has 5 nitrogen and oxygen atoms in total. The molecular weight excluding hydrogens is 242 g/mol. The van der Waals surface area contributed by atoms with E-state index in [4.69, 9.17) is 5.73 Å². The Morgan fingerprint density at radius 1 is 1.21 bits per heavy atom. The van der Waals surface area contributed by atoms with E-state index < -0.39 is 6.04 Å².